The van der Waals surface area contributed by atoms with Crippen LogP contribution in [0.1, 0.15) is 16.8 Å². The van der Waals surface area contributed by atoms with Crippen molar-refractivity contribution in [2.45, 2.75) is 19.8 Å². The summed E-state index contributed by atoms with van der Waals surface area (Å²) in [4.78, 5) is 4.97. The van der Waals surface area contributed by atoms with Gasteiger partial charge in [0, 0.05) is 16.3 Å². The maximum Gasteiger partial charge on any atom is 0.123 e. The lowest BCUT2D eigenvalue weighted by atomic mass is 10.0. The second-order valence-electron chi connectivity index (χ2n) is 8.74. The average molecular weight is 475 g/mol. The molecule has 0 radical (unpaired) electrons. The quantitative estimate of drug-likeness (QED) is 0.246. The van der Waals surface area contributed by atoms with Crippen molar-refractivity contribution < 1.29 is 9.13 Å². The normalized spacial score (nSPS) is 11.4. The highest BCUT2D eigenvalue weighted by atomic mass is 19.1. The molecule has 5 nitrogen and oxygen atoms in total. The smallest absolute Gasteiger partial charge is 0.123 e. The Bertz CT molecular complexity index is 1650. The van der Waals surface area contributed by atoms with Gasteiger partial charge in [-0.25, -0.2) is 14.1 Å². The molecule has 6 heteroatoms. The maximum absolute atomic E-state index is 13.5. The van der Waals surface area contributed by atoms with Gasteiger partial charge in [0.2, 0.25) is 0 Å². The Balaban J connectivity index is 1.28. The minimum absolute atomic E-state index is 0.270. The number of benzene rings is 4. The van der Waals surface area contributed by atoms with Gasteiger partial charge in [-0.2, -0.15) is 0 Å². The summed E-state index contributed by atoms with van der Waals surface area (Å²) in [5.41, 5.74) is 5.50. The first-order valence-electron chi connectivity index (χ1n) is 11.8. The second-order valence-corrected chi connectivity index (χ2v) is 8.74. The first-order chi connectivity index (χ1) is 17.7. The predicted octanol–water partition coefficient (Wildman–Crippen LogP) is 6.55. The highest BCUT2D eigenvalue weighted by Gasteiger charge is 2.12. The topological polar surface area (TPSA) is 52.8 Å². The van der Waals surface area contributed by atoms with E-state index in [0.717, 1.165) is 44.2 Å². The Kier molecular flexibility index (Phi) is 5.93. The third-order valence-corrected chi connectivity index (χ3v) is 6.21. The summed E-state index contributed by atoms with van der Waals surface area (Å²) >= 11 is 0. The number of hydrogen-bond donors (Lipinski definition) is 0. The van der Waals surface area contributed by atoms with E-state index in [-0.39, 0.29) is 5.82 Å². The van der Waals surface area contributed by atoms with Crippen LogP contribution in [-0.2, 0) is 24.5 Å². The number of rotatable bonds is 7. The molecule has 176 valence electrons. The molecule has 0 fully saturated rings. The first-order valence-corrected chi connectivity index (χ1v) is 11.8. The summed E-state index contributed by atoms with van der Waals surface area (Å²) in [5, 5.41) is 11.7. The Hall–Kier alpha value is -4.42. The molecule has 0 atom stereocenters. The Morgan fingerprint density at radius 3 is 2.44 bits per heavy atom. The van der Waals surface area contributed by atoms with Crippen LogP contribution < -0.4 is 0 Å². The second kappa shape index (κ2) is 9.68. The summed E-state index contributed by atoms with van der Waals surface area (Å²) in [6, 6.07) is 31.0. The monoisotopic (exact) mass is 474 g/mol. The van der Waals surface area contributed by atoms with Crippen LogP contribution in [0.4, 0.5) is 4.39 Å². The van der Waals surface area contributed by atoms with Gasteiger partial charge in [0.05, 0.1) is 37.2 Å². The lowest BCUT2D eigenvalue weighted by molar-refractivity contribution is 0.105. The fraction of sp³-hybridized carbons (Fsp3) is 0.100. The number of pyridine rings is 1. The number of aromatic nitrogens is 4. The lowest BCUT2D eigenvalue weighted by Gasteiger charge is -2.12. The largest absolute Gasteiger partial charge is 0.370 e. The van der Waals surface area contributed by atoms with E-state index in [0.29, 0.717) is 19.8 Å². The summed E-state index contributed by atoms with van der Waals surface area (Å²) in [5.74, 6) is -0.270. The zero-order valence-electron chi connectivity index (χ0n) is 19.5. The predicted molar refractivity (Wildman–Crippen MR) is 139 cm³/mol. The zero-order chi connectivity index (χ0) is 24.3. The van der Waals surface area contributed by atoms with Crippen molar-refractivity contribution in [3.63, 3.8) is 0 Å². The van der Waals surface area contributed by atoms with E-state index < -0.39 is 0 Å². The fourth-order valence-electron chi connectivity index (χ4n) is 4.44. The molecule has 0 aliphatic rings. The zero-order valence-corrected chi connectivity index (χ0v) is 19.5. The van der Waals surface area contributed by atoms with E-state index in [1.807, 2.05) is 47.3 Å². The Labute approximate surface area is 207 Å². The van der Waals surface area contributed by atoms with Crippen LogP contribution in [0.5, 0.6) is 0 Å². The van der Waals surface area contributed by atoms with Gasteiger partial charge in [0.15, 0.2) is 0 Å². The molecule has 0 saturated heterocycles. The van der Waals surface area contributed by atoms with Gasteiger partial charge in [-0.05, 0) is 46.8 Å². The molecule has 0 N–H and O–H groups in total. The van der Waals surface area contributed by atoms with Crippen LogP contribution in [0.3, 0.4) is 0 Å². The standard InChI is InChI=1S/C30H23FN4O/c31-25-13-10-23(11-14-25)29-16-24(28-15-12-22-8-4-5-9-27(22)30(28)32-29)19-36-20-26-18-35(34-33-26)17-21-6-2-1-3-7-21/h1-16,18H,17,19-20H2. The Morgan fingerprint density at radius 2 is 1.58 bits per heavy atom. The van der Waals surface area contributed by atoms with Crippen molar-refractivity contribution in [3.05, 3.63) is 126 Å². The molecular formula is C30H23FN4O. The molecule has 0 spiro atoms. The number of ether oxygens (including phenoxy) is 1. The van der Waals surface area contributed by atoms with Crippen molar-refractivity contribution in [1.29, 1.82) is 0 Å². The molecule has 6 rings (SSSR count). The summed E-state index contributed by atoms with van der Waals surface area (Å²) in [6.07, 6.45) is 1.91. The molecule has 2 aromatic heterocycles. The van der Waals surface area contributed by atoms with Crippen molar-refractivity contribution in [3.8, 4) is 11.3 Å². The minimum atomic E-state index is -0.270. The third-order valence-electron chi connectivity index (χ3n) is 6.21. The molecular weight excluding hydrogens is 451 g/mol. The number of fused-ring (bicyclic) bond motifs is 3. The summed E-state index contributed by atoms with van der Waals surface area (Å²) < 4.78 is 21.5. The average Bonchev–Trinajstić information content (AvgIpc) is 3.36. The highest BCUT2D eigenvalue weighted by molar-refractivity contribution is 6.06. The first kappa shape index (κ1) is 22.1. The van der Waals surface area contributed by atoms with Crippen LogP contribution in [0.2, 0.25) is 0 Å². The SMILES string of the molecule is Fc1ccc(-c2cc(COCc3cn(Cc4ccccc4)nn3)c3ccc4ccccc4c3n2)cc1. The molecule has 4 aromatic carbocycles. The van der Waals surface area contributed by atoms with E-state index in [1.165, 1.54) is 17.7 Å². The molecule has 2 heterocycles. The number of halogens is 1. The van der Waals surface area contributed by atoms with Gasteiger partial charge >= 0.3 is 0 Å². The van der Waals surface area contributed by atoms with E-state index >= 15 is 0 Å². The van der Waals surface area contributed by atoms with E-state index in [2.05, 4.69) is 46.7 Å². The van der Waals surface area contributed by atoms with E-state index in [9.17, 15) is 4.39 Å². The van der Waals surface area contributed by atoms with Crippen molar-refractivity contribution >= 4 is 21.7 Å². The van der Waals surface area contributed by atoms with E-state index in [4.69, 9.17) is 9.72 Å². The van der Waals surface area contributed by atoms with Crippen LogP contribution in [-0.4, -0.2) is 20.0 Å². The van der Waals surface area contributed by atoms with Crippen molar-refractivity contribution in [1.82, 2.24) is 20.0 Å². The van der Waals surface area contributed by atoms with Crippen LogP contribution in [0, 0.1) is 5.82 Å². The molecule has 36 heavy (non-hydrogen) atoms. The number of hydrogen-bond acceptors (Lipinski definition) is 4. The summed E-state index contributed by atoms with van der Waals surface area (Å²) in [7, 11) is 0. The third kappa shape index (κ3) is 4.59. The van der Waals surface area contributed by atoms with Gasteiger partial charge < -0.3 is 4.74 Å². The summed E-state index contributed by atoms with van der Waals surface area (Å²) in [6.45, 7) is 1.39. The van der Waals surface area contributed by atoms with E-state index in [1.54, 1.807) is 12.1 Å². The molecule has 0 unspecified atom stereocenters. The molecule has 6 aromatic rings. The fourth-order valence-corrected chi connectivity index (χ4v) is 4.44. The maximum atomic E-state index is 13.5. The Morgan fingerprint density at radius 1 is 0.778 bits per heavy atom. The minimum Gasteiger partial charge on any atom is -0.370 e. The van der Waals surface area contributed by atoms with Gasteiger partial charge in [-0.15, -0.1) is 5.10 Å². The highest BCUT2D eigenvalue weighted by Crippen LogP contribution is 2.30. The van der Waals surface area contributed by atoms with Crippen molar-refractivity contribution in [2.24, 2.45) is 0 Å². The number of nitrogens with zero attached hydrogens (tertiary/aromatic N) is 4. The van der Waals surface area contributed by atoms with Gasteiger partial charge in [-0.3, -0.25) is 0 Å². The molecule has 0 saturated carbocycles. The van der Waals surface area contributed by atoms with Crippen LogP contribution in [0.25, 0.3) is 32.9 Å². The van der Waals surface area contributed by atoms with Gasteiger partial charge in [0.25, 0.3) is 0 Å². The van der Waals surface area contributed by atoms with Gasteiger partial charge in [0.1, 0.15) is 11.5 Å². The molecule has 0 amide bonds. The van der Waals surface area contributed by atoms with Gasteiger partial charge in [-0.1, -0.05) is 71.9 Å². The molecule has 0 aliphatic heterocycles. The van der Waals surface area contributed by atoms with Crippen molar-refractivity contribution in [2.75, 3.05) is 0 Å². The lowest BCUT2D eigenvalue weighted by Crippen LogP contribution is -2.00. The molecule has 0 bridgehead atoms. The molecule has 0 aliphatic carbocycles. The van der Waals surface area contributed by atoms with Crippen LogP contribution in [0.15, 0.2) is 103 Å². The van der Waals surface area contributed by atoms with Crippen LogP contribution >= 0.6 is 0 Å².